The van der Waals surface area contributed by atoms with Crippen molar-refractivity contribution in [2.45, 2.75) is 11.8 Å². The molecule has 1 rings (SSSR count). The van der Waals surface area contributed by atoms with E-state index in [0.29, 0.717) is 12.1 Å². The molecule has 0 aliphatic rings. The highest BCUT2D eigenvalue weighted by Crippen LogP contribution is 2.13. The van der Waals surface area contributed by atoms with Gasteiger partial charge in [0, 0.05) is 6.92 Å². The highest BCUT2D eigenvalue weighted by Gasteiger charge is 2.17. The summed E-state index contributed by atoms with van der Waals surface area (Å²) in [6.45, 7) is 0.997. The van der Waals surface area contributed by atoms with Crippen molar-refractivity contribution in [3.05, 3.63) is 29.8 Å². The Labute approximate surface area is 85.0 Å². The molecule has 0 radical (unpaired) electrons. The number of halogens is 2. The van der Waals surface area contributed by atoms with Crippen LogP contribution in [-0.4, -0.2) is 14.3 Å². The van der Waals surface area contributed by atoms with Gasteiger partial charge in [-0.2, -0.15) is 0 Å². The lowest BCUT2D eigenvalue weighted by Gasteiger charge is -2.04. The van der Waals surface area contributed by atoms with E-state index in [0.717, 1.165) is 13.0 Å². The van der Waals surface area contributed by atoms with E-state index in [1.54, 1.807) is 4.72 Å². The van der Waals surface area contributed by atoms with Gasteiger partial charge in [0.15, 0.2) is 11.6 Å². The van der Waals surface area contributed by atoms with E-state index in [4.69, 9.17) is 0 Å². The highest BCUT2D eigenvalue weighted by molar-refractivity contribution is 7.90. The average Bonchev–Trinajstić information content (AvgIpc) is 2.07. The number of carbonyl (C=O) groups is 1. The molecule has 7 heteroatoms. The first-order chi connectivity index (χ1) is 6.83. The van der Waals surface area contributed by atoms with Crippen LogP contribution in [0.2, 0.25) is 0 Å². The number of rotatable bonds is 2. The molecule has 0 fully saturated rings. The number of amides is 1. The topological polar surface area (TPSA) is 63.2 Å². The SMILES string of the molecule is CC(=O)NS(=O)(=O)c1ccc(F)c(F)c1. The Hall–Kier alpha value is -1.50. The summed E-state index contributed by atoms with van der Waals surface area (Å²) in [6, 6.07) is 2.04. The van der Waals surface area contributed by atoms with Crippen molar-refractivity contribution < 1.29 is 22.0 Å². The molecule has 15 heavy (non-hydrogen) atoms. The quantitative estimate of drug-likeness (QED) is 0.824. The minimum absolute atomic E-state index is 0.501. The summed E-state index contributed by atoms with van der Waals surface area (Å²) in [5, 5.41) is 0. The van der Waals surface area contributed by atoms with Crippen LogP contribution < -0.4 is 4.72 Å². The molecular weight excluding hydrogens is 228 g/mol. The molecule has 82 valence electrons. The molecule has 1 aromatic rings. The number of nitrogens with one attached hydrogen (secondary N) is 1. The summed E-state index contributed by atoms with van der Waals surface area (Å²) in [7, 11) is -4.10. The lowest BCUT2D eigenvalue weighted by atomic mass is 10.3. The predicted molar refractivity (Wildman–Crippen MR) is 47.4 cm³/mol. The van der Waals surface area contributed by atoms with Gasteiger partial charge in [0.2, 0.25) is 5.91 Å². The second kappa shape index (κ2) is 3.93. The van der Waals surface area contributed by atoms with Crippen molar-refractivity contribution in [1.82, 2.24) is 4.72 Å². The van der Waals surface area contributed by atoms with Gasteiger partial charge in [-0.15, -0.1) is 0 Å². The summed E-state index contributed by atoms with van der Waals surface area (Å²) in [5.74, 6) is -3.25. The Morgan fingerprint density at radius 2 is 1.87 bits per heavy atom. The van der Waals surface area contributed by atoms with Crippen molar-refractivity contribution in [2.24, 2.45) is 0 Å². The first-order valence-electron chi connectivity index (χ1n) is 3.81. The standard InChI is InChI=1S/C8H7F2NO3S/c1-5(12)11-15(13,14)6-2-3-7(9)8(10)4-6/h2-4H,1H3,(H,11,12). The number of hydrogen-bond acceptors (Lipinski definition) is 3. The van der Waals surface area contributed by atoms with Crippen molar-refractivity contribution in [1.29, 1.82) is 0 Å². The highest BCUT2D eigenvalue weighted by atomic mass is 32.2. The Morgan fingerprint density at radius 3 is 2.33 bits per heavy atom. The van der Waals surface area contributed by atoms with E-state index in [-0.39, 0.29) is 0 Å². The number of carbonyl (C=O) groups excluding carboxylic acids is 1. The molecule has 0 saturated carbocycles. The molecule has 4 nitrogen and oxygen atoms in total. The fourth-order valence-corrected chi connectivity index (χ4v) is 1.89. The molecule has 0 heterocycles. The summed E-state index contributed by atoms with van der Waals surface area (Å²) < 4.78 is 49.4. The van der Waals surface area contributed by atoms with Gasteiger partial charge in [0.25, 0.3) is 10.0 Å². The molecule has 0 bridgehead atoms. The fourth-order valence-electron chi connectivity index (χ4n) is 0.892. The normalized spacial score (nSPS) is 11.1. The number of hydrogen-bond donors (Lipinski definition) is 1. The first-order valence-corrected chi connectivity index (χ1v) is 5.29. The Morgan fingerprint density at radius 1 is 1.27 bits per heavy atom. The second-order valence-corrected chi connectivity index (χ2v) is 4.42. The van der Waals surface area contributed by atoms with Gasteiger partial charge >= 0.3 is 0 Å². The zero-order valence-corrected chi connectivity index (χ0v) is 8.44. The summed E-state index contributed by atoms with van der Waals surface area (Å²) in [6.07, 6.45) is 0. The van der Waals surface area contributed by atoms with Crippen molar-refractivity contribution in [2.75, 3.05) is 0 Å². The zero-order chi connectivity index (χ0) is 11.6. The van der Waals surface area contributed by atoms with E-state index in [2.05, 4.69) is 0 Å². The molecule has 0 unspecified atom stereocenters. The van der Waals surface area contributed by atoms with Gasteiger partial charge in [-0.05, 0) is 18.2 Å². The Kier molecular flexibility index (Phi) is 3.04. The van der Waals surface area contributed by atoms with Crippen LogP contribution in [0.3, 0.4) is 0 Å². The monoisotopic (exact) mass is 235 g/mol. The third kappa shape index (κ3) is 2.72. The second-order valence-electron chi connectivity index (χ2n) is 2.74. The third-order valence-corrected chi connectivity index (χ3v) is 2.91. The van der Waals surface area contributed by atoms with Crippen LogP contribution in [0, 0.1) is 11.6 Å². The lowest BCUT2D eigenvalue weighted by Crippen LogP contribution is -2.28. The number of sulfonamides is 1. The molecular formula is C8H7F2NO3S. The molecule has 0 atom stereocenters. The maximum Gasteiger partial charge on any atom is 0.264 e. The summed E-state index contributed by atoms with van der Waals surface area (Å²) in [4.78, 5) is 10.0. The van der Waals surface area contributed by atoms with Gasteiger partial charge in [-0.1, -0.05) is 0 Å². The van der Waals surface area contributed by atoms with Crippen molar-refractivity contribution in [3.63, 3.8) is 0 Å². The van der Waals surface area contributed by atoms with E-state index in [1.807, 2.05) is 0 Å². The predicted octanol–water partition coefficient (Wildman–Crippen LogP) is 0.790. The average molecular weight is 235 g/mol. The number of benzene rings is 1. The van der Waals surface area contributed by atoms with Crippen LogP contribution in [0.15, 0.2) is 23.1 Å². The van der Waals surface area contributed by atoms with Crippen molar-refractivity contribution >= 4 is 15.9 Å². The van der Waals surface area contributed by atoms with Gasteiger partial charge in [0.05, 0.1) is 4.90 Å². The lowest BCUT2D eigenvalue weighted by molar-refractivity contribution is -0.117. The molecule has 0 saturated heterocycles. The summed E-state index contributed by atoms with van der Waals surface area (Å²) in [5.41, 5.74) is 0. The maximum absolute atomic E-state index is 12.7. The van der Waals surface area contributed by atoms with Gasteiger partial charge < -0.3 is 0 Å². The minimum Gasteiger partial charge on any atom is -0.274 e. The van der Waals surface area contributed by atoms with Crippen LogP contribution >= 0.6 is 0 Å². The molecule has 1 amide bonds. The van der Waals surface area contributed by atoms with E-state index >= 15 is 0 Å². The van der Waals surface area contributed by atoms with E-state index in [1.165, 1.54) is 0 Å². The first kappa shape index (κ1) is 11.6. The van der Waals surface area contributed by atoms with Gasteiger partial charge in [-0.25, -0.2) is 21.9 Å². The van der Waals surface area contributed by atoms with E-state index < -0.39 is 32.5 Å². The minimum atomic E-state index is -4.10. The zero-order valence-electron chi connectivity index (χ0n) is 7.62. The molecule has 0 aliphatic carbocycles. The summed E-state index contributed by atoms with van der Waals surface area (Å²) >= 11 is 0. The molecule has 0 spiro atoms. The molecule has 1 aromatic carbocycles. The third-order valence-electron chi connectivity index (χ3n) is 1.48. The van der Waals surface area contributed by atoms with Gasteiger partial charge in [-0.3, -0.25) is 4.79 Å². The Bertz CT molecular complexity index is 499. The molecule has 1 N–H and O–H groups in total. The molecule has 0 aliphatic heterocycles. The van der Waals surface area contributed by atoms with Crippen LogP contribution in [0.1, 0.15) is 6.92 Å². The maximum atomic E-state index is 12.7. The van der Waals surface area contributed by atoms with Crippen LogP contribution in [-0.2, 0) is 14.8 Å². The van der Waals surface area contributed by atoms with Crippen LogP contribution in [0.25, 0.3) is 0 Å². The van der Waals surface area contributed by atoms with Crippen molar-refractivity contribution in [3.8, 4) is 0 Å². The molecule has 0 aromatic heterocycles. The fraction of sp³-hybridized carbons (Fsp3) is 0.125. The van der Waals surface area contributed by atoms with Crippen LogP contribution in [0.5, 0.6) is 0 Å². The van der Waals surface area contributed by atoms with Gasteiger partial charge in [0.1, 0.15) is 0 Å². The Balaban J connectivity index is 3.17. The smallest absolute Gasteiger partial charge is 0.264 e. The van der Waals surface area contributed by atoms with Crippen LogP contribution in [0.4, 0.5) is 8.78 Å². The largest absolute Gasteiger partial charge is 0.274 e. The van der Waals surface area contributed by atoms with E-state index in [9.17, 15) is 22.0 Å².